The molecule has 0 aliphatic carbocycles. The van der Waals surface area contributed by atoms with E-state index in [0.717, 1.165) is 18.5 Å². The van der Waals surface area contributed by atoms with Crippen LogP contribution < -0.4 is 20.9 Å². The van der Waals surface area contributed by atoms with Crippen molar-refractivity contribution < 1.29 is 14.4 Å². The second-order valence-corrected chi connectivity index (χ2v) is 7.96. The number of carbonyl (C=O) groups is 3. The Morgan fingerprint density at radius 2 is 1.65 bits per heavy atom. The van der Waals surface area contributed by atoms with Crippen molar-refractivity contribution in [2.45, 2.75) is 19.4 Å². The first-order chi connectivity index (χ1) is 14.7. The van der Waals surface area contributed by atoms with Crippen LogP contribution in [0.4, 0.5) is 17.1 Å². The first kappa shape index (κ1) is 22.3. The molecule has 0 bridgehead atoms. The third-order valence-corrected chi connectivity index (χ3v) is 5.36. The lowest BCUT2D eigenvalue weighted by Crippen LogP contribution is -2.40. The van der Waals surface area contributed by atoms with Gasteiger partial charge in [-0.25, -0.2) is 0 Å². The van der Waals surface area contributed by atoms with E-state index in [1.807, 2.05) is 19.0 Å². The minimum atomic E-state index is -0.736. The van der Waals surface area contributed by atoms with Crippen LogP contribution in [0.25, 0.3) is 0 Å². The van der Waals surface area contributed by atoms with Gasteiger partial charge < -0.3 is 25.8 Å². The van der Waals surface area contributed by atoms with E-state index in [4.69, 9.17) is 0 Å². The molecule has 164 valence electrons. The lowest BCUT2D eigenvalue weighted by Gasteiger charge is -2.26. The van der Waals surface area contributed by atoms with Crippen molar-refractivity contribution in [3.63, 3.8) is 0 Å². The van der Waals surface area contributed by atoms with Gasteiger partial charge in [0.15, 0.2) is 0 Å². The monoisotopic (exact) mass is 423 g/mol. The third kappa shape index (κ3) is 5.61. The van der Waals surface area contributed by atoms with Crippen molar-refractivity contribution in [3.05, 3.63) is 53.6 Å². The predicted octanol–water partition coefficient (Wildman–Crippen LogP) is 1.99. The number of nitrogens with one attached hydrogen (secondary N) is 3. The number of fused-ring (bicyclic) bond motifs is 1. The molecular formula is C23H29N5O3. The van der Waals surface area contributed by atoms with Crippen LogP contribution in [0.5, 0.6) is 0 Å². The highest BCUT2D eigenvalue weighted by Gasteiger charge is 2.22. The van der Waals surface area contributed by atoms with E-state index >= 15 is 0 Å². The van der Waals surface area contributed by atoms with Gasteiger partial charge in [0, 0.05) is 44.1 Å². The minimum Gasteiger partial charge on any atom is -0.374 e. The second-order valence-electron chi connectivity index (χ2n) is 7.96. The second kappa shape index (κ2) is 9.61. The number of amides is 3. The number of carbonyl (C=O) groups excluding carboxylic acids is 3. The van der Waals surface area contributed by atoms with Crippen LogP contribution in [-0.2, 0) is 20.8 Å². The molecule has 1 aliphatic heterocycles. The lowest BCUT2D eigenvalue weighted by atomic mass is 10.0. The molecule has 1 heterocycles. The summed E-state index contributed by atoms with van der Waals surface area (Å²) in [7, 11) is 5.99. The van der Waals surface area contributed by atoms with E-state index in [1.54, 1.807) is 24.3 Å². The van der Waals surface area contributed by atoms with Crippen LogP contribution in [0, 0.1) is 0 Å². The number of rotatable bonds is 6. The lowest BCUT2D eigenvalue weighted by molar-refractivity contribution is -0.136. The molecule has 2 aromatic rings. The van der Waals surface area contributed by atoms with Crippen LogP contribution in [-0.4, -0.2) is 56.9 Å². The van der Waals surface area contributed by atoms with Crippen LogP contribution in [0.2, 0.25) is 0 Å². The highest BCUT2D eigenvalue weighted by molar-refractivity contribution is 6.39. The number of anilines is 3. The zero-order valence-corrected chi connectivity index (χ0v) is 18.4. The number of likely N-dealkylation sites (N-methyl/N-ethyl adjacent to an activating group) is 2. The number of hydrogen-bond acceptors (Lipinski definition) is 5. The third-order valence-electron chi connectivity index (χ3n) is 5.36. The first-order valence-electron chi connectivity index (χ1n) is 10.2. The molecule has 0 saturated carbocycles. The summed E-state index contributed by atoms with van der Waals surface area (Å²) in [5.41, 5.74) is 4.74. The summed E-state index contributed by atoms with van der Waals surface area (Å²) in [6.07, 6.45) is 1.01. The highest BCUT2D eigenvalue weighted by Crippen LogP contribution is 2.30. The van der Waals surface area contributed by atoms with Crippen molar-refractivity contribution in [3.8, 4) is 0 Å². The summed E-state index contributed by atoms with van der Waals surface area (Å²) in [5.74, 6) is -1.61. The number of hydrogen-bond donors (Lipinski definition) is 3. The molecule has 8 nitrogen and oxygen atoms in total. The van der Waals surface area contributed by atoms with Crippen molar-refractivity contribution in [1.82, 2.24) is 10.2 Å². The molecule has 0 saturated heterocycles. The van der Waals surface area contributed by atoms with Gasteiger partial charge in [0.2, 0.25) is 5.91 Å². The Bertz CT molecular complexity index is 972. The Hall–Kier alpha value is -3.39. The van der Waals surface area contributed by atoms with Gasteiger partial charge in [0.1, 0.15) is 0 Å². The summed E-state index contributed by atoms with van der Waals surface area (Å²) in [4.78, 5) is 39.9. The molecule has 1 aliphatic rings. The first-order valence-corrected chi connectivity index (χ1v) is 10.2. The predicted molar refractivity (Wildman–Crippen MR) is 122 cm³/mol. The van der Waals surface area contributed by atoms with Gasteiger partial charge in [-0.15, -0.1) is 0 Å². The van der Waals surface area contributed by atoms with Crippen molar-refractivity contribution in [1.29, 1.82) is 0 Å². The minimum absolute atomic E-state index is 0.0510. The van der Waals surface area contributed by atoms with Gasteiger partial charge in [-0.3, -0.25) is 14.4 Å². The summed E-state index contributed by atoms with van der Waals surface area (Å²) in [5, 5.41) is 7.95. The molecule has 1 atom stereocenters. The fraction of sp³-hybridized carbons (Fsp3) is 0.348. The van der Waals surface area contributed by atoms with Crippen molar-refractivity contribution in [2.24, 2.45) is 0 Å². The van der Waals surface area contributed by atoms with Crippen LogP contribution >= 0.6 is 0 Å². The van der Waals surface area contributed by atoms with Gasteiger partial charge in [0.25, 0.3) is 0 Å². The largest absolute Gasteiger partial charge is 0.374 e. The normalized spacial score (nSPS) is 13.5. The molecule has 0 radical (unpaired) electrons. The average molecular weight is 424 g/mol. The molecule has 3 N–H and O–H groups in total. The molecule has 0 aromatic heterocycles. The smallest absolute Gasteiger partial charge is 0.313 e. The highest BCUT2D eigenvalue weighted by atomic mass is 16.2. The Labute approximate surface area is 182 Å². The maximum Gasteiger partial charge on any atom is 0.313 e. The van der Waals surface area contributed by atoms with Crippen LogP contribution in [0.1, 0.15) is 24.1 Å². The topological polar surface area (TPSA) is 93.8 Å². The number of benzene rings is 2. The molecular weight excluding hydrogens is 394 g/mol. The Morgan fingerprint density at radius 1 is 1.00 bits per heavy atom. The van der Waals surface area contributed by atoms with Crippen LogP contribution in [0.15, 0.2) is 42.5 Å². The average Bonchev–Trinajstić information content (AvgIpc) is 3.09. The van der Waals surface area contributed by atoms with Gasteiger partial charge in [-0.1, -0.05) is 12.1 Å². The standard InChI is InChI=1S/C23H29N5O3/c1-15(29)25-18-6-8-19(9-7-18)26-23(31)22(30)24-14-21(27(2)3)16-5-10-20-17(13-16)11-12-28(20)4/h5-10,13,21H,11-12,14H2,1-4H3,(H,24,30)(H,25,29)(H,26,31). The fourth-order valence-corrected chi connectivity index (χ4v) is 3.69. The molecule has 2 aromatic carbocycles. The zero-order valence-electron chi connectivity index (χ0n) is 18.4. The van der Waals surface area contributed by atoms with Gasteiger partial charge in [-0.2, -0.15) is 0 Å². The van der Waals surface area contributed by atoms with Crippen LogP contribution in [0.3, 0.4) is 0 Å². The quantitative estimate of drug-likeness (QED) is 0.618. The molecule has 3 amide bonds. The van der Waals surface area contributed by atoms with E-state index in [0.29, 0.717) is 17.9 Å². The van der Waals surface area contributed by atoms with Crippen molar-refractivity contribution >= 4 is 34.8 Å². The van der Waals surface area contributed by atoms with E-state index in [2.05, 4.69) is 46.1 Å². The maximum atomic E-state index is 12.3. The van der Waals surface area contributed by atoms with E-state index in [1.165, 1.54) is 18.2 Å². The van der Waals surface area contributed by atoms with Gasteiger partial charge >= 0.3 is 11.8 Å². The molecule has 3 rings (SSSR count). The van der Waals surface area contributed by atoms with E-state index in [9.17, 15) is 14.4 Å². The zero-order chi connectivity index (χ0) is 22.5. The maximum absolute atomic E-state index is 12.3. The summed E-state index contributed by atoms with van der Waals surface area (Å²) in [6.45, 7) is 2.74. The Kier molecular flexibility index (Phi) is 6.91. The SMILES string of the molecule is CC(=O)Nc1ccc(NC(=O)C(=O)NCC(c2ccc3c(c2)CCN3C)N(C)C)cc1. The van der Waals surface area contributed by atoms with Crippen molar-refractivity contribution in [2.75, 3.05) is 49.8 Å². The Balaban J connectivity index is 1.58. The Morgan fingerprint density at radius 3 is 2.26 bits per heavy atom. The molecule has 1 unspecified atom stereocenters. The van der Waals surface area contributed by atoms with E-state index in [-0.39, 0.29) is 11.9 Å². The summed E-state index contributed by atoms with van der Waals surface area (Å²) >= 11 is 0. The van der Waals surface area contributed by atoms with Gasteiger partial charge in [-0.05, 0) is 62.0 Å². The van der Waals surface area contributed by atoms with Gasteiger partial charge in [0.05, 0.1) is 6.04 Å². The molecule has 0 fully saturated rings. The molecule has 31 heavy (non-hydrogen) atoms. The molecule has 0 spiro atoms. The summed E-state index contributed by atoms with van der Waals surface area (Å²) < 4.78 is 0. The summed E-state index contributed by atoms with van der Waals surface area (Å²) in [6, 6.07) is 12.9. The number of nitrogens with zero attached hydrogens (tertiary/aromatic N) is 2. The van der Waals surface area contributed by atoms with E-state index < -0.39 is 11.8 Å². The molecule has 8 heteroatoms. The fourth-order valence-electron chi connectivity index (χ4n) is 3.69.